The lowest BCUT2D eigenvalue weighted by molar-refractivity contribution is 0.114. The highest BCUT2D eigenvalue weighted by molar-refractivity contribution is 5.79. The van der Waals surface area contributed by atoms with Crippen LogP contribution in [0.1, 0.15) is 29.5 Å². The summed E-state index contributed by atoms with van der Waals surface area (Å²) < 4.78 is 5.60. The number of benzene rings is 1. The molecule has 2 rings (SSSR count). The molecule has 1 unspecified atom stereocenters. The van der Waals surface area contributed by atoms with Crippen molar-refractivity contribution in [1.29, 1.82) is 0 Å². The summed E-state index contributed by atoms with van der Waals surface area (Å²) in [5.41, 5.74) is 4.02. The van der Waals surface area contributed by atoms with E-state index in [4.69, 9.17) is 4.74 Å². The fourth-order valence-corrected chi connectivity index (χ4v) is 2.78. The molecule has 1 atom stereocenters. The van der Waals surface area contributed by atoms with Gasteiger partial charge in [-0.15, -0.1) is 0 Å². The second-order valence-corrected chi connectivity index (χ2v) is 5.76. The Labute approximate surface area is 128 Å². The SMILES string of the molecule is CN=C(NCCc1cc(C)cc(C)c1)NCC1CCCO1. The van der Waals surface area contributed by atoms with Gasteiger partial charge in [0.2, 0.25) is 0 Å². The van der Waals surface area contributed by atoms with Gasteiger partial charge in [0.15, 0.2) is 5.96 Å². The highest BCUT2D eigenvalue weighted by Crippen LogP contribution is 2.10. The van der Waals surface area contributed by atoms with Crippen LogP contribution in [-0.2, 0) is 11.2 Å². The number of rotatable bonds is 5. The molecule has 0 spiro atoms. The lowest BCUT2D eigenvalue weighted by atomic mass is 10.1. The minimum atomic E-state index is 0.336. The molecule has 1 fully saturated rings. The van der Waals surface area contributed by atoms with E-state index in [2.05, 4.69) is 47.7 Å². The number of aryl methyl sites for hydroxylation is 2. The summed E-state index contributed by atoms with van der Waals surface area (Å²) in [5, 5.41) is 6.70. The molecule has 1 aliphatic heterocycles. The number of hydrogen-bond acceptors (Lipinski definition) is 2. The number of aliphatic imine (C=N–C) groups is 1. The third kappa shape index (κ3) is 5.38. The van der Waals surface area contributed by atoms with Crippen LogP contribution in [0.2, 0.25) is 0 Å². The molecule has 2 N–H and O–H groups in total. The van der Waals surface area contributed by atoms with Crippen LogP contribution in [0.25, 0.3) is 0 Å². The maximum atomic E-state index is 5.60. The predicted octanol–water partition coefficient (Wildman–Crippen LogP) is 2.19. The standard InChI is InChI=1S/C17H27N3O/c1-13-9-14(2)11-15(10-13)6-7-19-17(18-3)20-12-16-5-4-8-21-16/h9-11,16H,4-8,12H2,1-3H3,(H2,18,19,20). The Morgan fingerprint density at radius 1 is 1.24 bits per heavy atom. The van der Waals surface area contributed by atoms with Gasteiger partial charge in [0.25, 0.3) is 0 Å². The molecule has 0 amide bonds. The van der Waals surface area contributed by atoms with Crippen LogP contribution in [0.5, 0.6) is 0 Å². The van der Waals surface area contributed by atoms with Crippen molar-refractivity contribution in [2.24, 2.45) is 4.99 Å². The van der Waals surface area contributed by atoms with Crippen LogP contribution in [0.15, 0.2) is 23.2 Å². The Morgan fingerprint density at radius 2 is 2.00 bits per heavy atom. The summed E-state index contributed by atoms with van der Waals surface area (Å²) in [6.45, 7) is 6.90. The Morgan fingerprint density at radius 3 is 2.62 bits per heavy atom. The van der Waals surface area contributed by atoms with Gasteiger partial charge >= 0.3 is 0 Å². The molecule has 1 heterocycles. The van der Waals surface area contributed by atoms with Crippen LogP contribution >= 0.6 is 0 Å². The molecule has 1 aromatic rings. The summed E-state index contributed by atoms with van der Waals surface area (Å²) in [4.78, 5) is 4.25. The second kappa shape index (κ2) is 8.03. The maximum Gasteiger partial charge on any atom is 0.191 e. The third-order valence-corrected chi connectivity index (χ3v) is 3.73. The molecule has 1 aliphatic rings. The van der Waals surface area contributed by atoms with Crippen molar-refractivity contribution in [3.63, 3.8) is 0 Å². The number of guanidine groups is 1. The Kier molecular flexibility index (Phi) is 6.05. The molecule has 4 nitrogen and oxygen atoms in total. The van der Waals surface area contributed by atoms with Crippen molar-refractivity contribution in [1.82, 2.24) is 10.6 Å². The minimum absolute atomic E-state index is 0.336. The van der Waals surface area contributed by atoms with E-state index in [-0.39, 0.29) is 0 Å². The first-order valence-electron chi connectivity index (χ1n) is 7.80. The van der Waals surface area contributed by atoms with Gasteiger partial charge in [0.1, 0.15) is 0 Å². The van der Waals surface area contributed by atoms with Gasteiger partial charge in [-0.3, -0.25) is 4.99 Å². The first-order valence-corrected chi connectivity index (χ1v) is 7.80. The molecule has 0 radical (unpaired) electrons. The van der Waals surface area contributed by atoms with Crippen molar-refractivity contribution in [2.45, 2.75) is 39.2 Å². The zero-order chi connectivity index (χ0) is 15.1. The number of nitrogens with one attached hydrogen (secondary N) is 2. The summed E-state index contributed by atoms with van der Waals surface area (Å²) >= 11 is 0. The summed E-state index contributed by atoms with van der Waals surface area (Å²) in [6.07, 6.45) is 3.66. The molecular formula is C17H27N3O. The lowest BCUT2D eigenvalue weighted by Crippen LogP contribution is -2.41. The first kappa shape index (κ1) is 15.8. The van der Waals surface area contributed by atoms with Gasteiger partial charge in [-0.1, -0.05) is 29.3 Å². The predicted molar refractivity (Wildman–Crippen MR) is 88.0 cm³/mol. The quantitative estimate of drug-likeness (QED) is 0.645. The molecule has 4 heteroatoms. The summed E-state index contributed by atoms with van der Waals surface area (Å²) in [7, 11) is 1.81. The number of nitrogens with zero attached hydrogens (tertiary/aromatic N) is 1. The maximum absolute atomic E-state index is 5.60. The lowest BCUT2D eigenvalue weighted by Gasteiger charge is -2.15. The normalized spacial score (nSPS) is 18.8. The van der Waals surface area contributed by atoms with Crippen LogP contribution in [0.4, 0.5) is 0 Å². The largest absolute Gasteiger partial charge is 0.376 e. The van der Waals surface area contributed by atoms with Crippen LogP contribution in [0, 0.1) is 13.8 Å². The van der Waals surface area contributed by atoms with E-state index in [1.807, 2.05) is 7.05 Å². The van der Waals surface area contributed by atoms with Gasteiger partial charge in [0.05, 0.1) is 6.10 Å². The number of hydrogen-bond donors (Lipinski definition) is 2. The van der Waals surface area contributed by atoms with Gasteiger partial charge in [-0.2, -0.15) is 0 Å². The minimum Gasteiger partial charge on any atom is -0.376 e. The van der Waals surface area contributed by atoms with Crippen molar-refractivity contribution >= 4 is 5.96 Å². The van der Waals surface area contributed by atoms with Crippen molar-refractivity contribution in [3.05, 3.63) is 34.9 Å². The molecule has 116 valence electrons. The first-order chi connectivity index (χ1) is 10.2. The van der Waals surface area contributed by atoms with Crippen LogP contribution < -0.4 is 10.6 Å². The average molecular weight is 289 g/mol. The van der Waals surface area contributed by atoms with Gasteiger partial charge in [-0.05, 0) is 38.7 Å². The molecule has 0 bridgehead atoms. The molecule has 21 heavy (non-hydrogen) atoms. The second-order valence-electron chi connectivity index (χ2n) is 5.76. The monoisotopic (exact) mass is 289 g/mol. The Bertz CT molecular complexity index is 459. The molecule has 1 aromatic carbocycles. The zero-order valence-corrected chi connectivity index (χ0v) is 13.4. The van der Waals surface area contributed by atoms with Crippen molar-refractivity contribution in [3.8, 4) is 0 Å². The van der Waals surface area contributed by atoms with E-state index >= 15 is 0 Å². The molecule has 0 saturated carbocycles. The highest BCUT2D eigenvalue weighted by Gasteiger charge is 2.15. The molecular weight excluding hydrogens is 262 g/mol. The summed E-state index contributed by atoms with van der Waals surface area (Å²) in [5.74, 6) is 0.856. The van der Waals surface area contributed by atoms with E-state index in [1.54, 1.807) is 0 Å². The molecule has 0 aromatic heterocycles. The number of ether oxygens (including phenoxy) is 1. The Hall–Kier alpha value is -1.55. The topological polar surface area (TPSA) is 45.7 Å². The van der Waals surface area contributed by atoms with Crippen molar-refractivity contribution in [2.75, 3.05) is 26.7 Å². The van der Waals surface area contributed by atoms with Crippen LogP contribution in [0.3, 0.4) is 0 Å². The van der Waals surface area contributed by atoms with E-state index < -0.39 is 0 Å². The van der Waals surface area contributed by atoms with Gasteiger partial charge in [0, 0.05) is 26.7 Å². The fraction of sp³-hybridized carbons (Fsp3) is 0.588. The van der Waals surface area contributed by atoms with Crippen molar-refractivity contribution < 1.29 is 4.74 Å². The van der Waals surface area contributed by atoms with E-state index in [9.17, 15) is 0 Å². The van der Waals surface area contributed by atoms with Gasteiger partial charge in [-0.25, -0.2) is 0 Å². The van der Waals surface area contributed by atoms with E-state index in [1.165, 1.54) is 23.1 Å². The van der Waals surface area contributed by atoms with Gasteiger partial charge < -0.3 is 15.4 Å². The summed E-state index contributed by atoms with van der Waals surface area (Å²) in [6, 6.07) is 6.70. The fourth-order valence-electron chi connectivity index (χ4n) is 2.78. The molecule has 1 saturated heterocycles. The van der Waals surface area contributed by atoms with Crippen LogP contribution in [-0.4, -0.2) is 38.8 Å². The molecule has 0 aliphatic carbocycles. The highest BCUT2D eigenvalue weighted by atomic mass is 16.5. The zero-order valence-electron chi connectivity index (χ0n) is 13.4. The van der Waals surface area contributed by atoms with E-state index in [0.29, 0.717) is 6.10 Å². The smallest absolute Gasteiger partial charge is 0.191 e. The third-order valence-electron chi connectivity index (χ3n) is 3.73. The van der Waals surface area contributed by atoms with E-state index in [0.717, 1.165) is 38.5 Å². The average Bonchev–Trinajstić information content (AvgIpc) is 2.94. The Balaban J connectivity index is 1.72.